The minimum Gasteiger partial charge on any atom is -0.281 e. The normalized spacial score (nSPS) is 10.8. The molecule has 0 atom stereocenters. The summed E-state index contributed by atoms with van der Waals surface area (Å²) in [5.41, 5.74) is 9.73. The van der Waals surface area contributed by atoms with Gasteiger partial charge in [-0.25, -0.2) is 14.6 Å². The zero-order chi connectivity index (χ0) is 19.7. The van der Waals surface area contributed by atoms with E-state index in [2.05, 4.69) is 45.8 Å². The molecule has 0 aliphatic carbocycles. The predicted octanol–water partition coefficient (Wildman–Crippen LogP) is 3.84. The highest BCUT2D eigenvalue weighted by molar-refractivity contribution is 6.33. The highest BCUT2D eigenvalue weighted by Gasteiger charge is 2.14. The van der Waals surface area contributed by atoms with E-state index in [4.69, 9.17) is 11.6 Å². The number of aromatic nitrogens is 4. The summed E-state index contributed by atoms with van der Waals surface area (Å²) >= 11 is 6.06. The molecule has 2 aromatic carbocycles. The molecule has 2 heterocycles. The number of halogens is 1. The lowest BCUT2D eigenvalue weighted by Crippen LogP contribution is -2.30. The fourth-order valence-electron chi connectivity index (χ4n) is 2.82. The molecule has 7 nitrogen and oxygen atoms in total. The van der Waals surface area contributed by atoms with Crippen LogP contribution < -0.4 is 10.9 Å². The maximum atomic E-state index is 12.3. The van der Waals surface area contributed by atoms with E-state index in [9.17, 15) is 4.79 Å². The molecular weight excluding hydrogens is 376 g/mol. The summed E-state index contributed by atoms with van der Waals surface area (Å²) in [6.07, 6.45) is 3.08. The van der Waals surface area contributed by atoms with Crippen LogP contribution >= 0.6 is 11.6 Å². The van der Waals surface area contributed by atoms with Gasteiger partial charge in [-0.1, -0.05) is 29.8 Å². The highest BCUT2D eigenvalue weighted by atomic mass is 35.5. The van der Waals surface area contributed by atoms with Gasteiger partial charge >= 0.3 is 0 Å². The summed E-state index contributed by atoms with van der Waals surface area (Å²) in [4.78, 5) is 20.9. The SMILES string of the molecule is Cc1ccc(-n2ncc3c(NNC(=O)c4ccccc4Cl)ncnc32)cc1C. The Morgan fingerprint density at radius 3 is 2.68 bits per heavy atom. The van der Waals surface area contributed by atoms with Crippen molar-refractivity contribution in [3.63, 3.8) is 0 Å². The van der Waals surface area contributed by atoms with Gasteiger partial charge in [0, 0.05) is 0 Å². The van der Waals surface area contributed by atoms with Crippen LogP contribution in [0.2, 0.25) is 5.02 Å². The van der Waals surface area contributed by atoms with E-state index in [1.165, 1.54) is 17.5 Å². The molecule has 0 aliphatic rings. The maximum Gasteiger partial charge on any atom is 0.271 e. The van der Waals surface area contributed by atoms with Gasteiger partial charge in [-0.2, -0.15) is 5.10 Å². The van der Waals surface area contributed by atoms with E-state index in [0.29, 0.717) is 27.4 Å². The number of amides is 1. The molecule has 4 rings (SSSR count). The molecule has 0 fully saturated rings. The van der Waals surface area contributed by atoms with Crippen LogP contribution in [0.15, 0.2) is 55.0 Å². The van der Waals surface area contributed by atoms with Crippen LogP contribution in [-0.4, -0.2) is 25.7 Å². The summed E-state index contributed by atoms with van der Waals surface area (Å²) in [6.45, 7) is 4.11. The number of aryl methyl sites for hydroxylation is 2. The zero-order valence-corrected chi connectivity index (χ0v) is 16.0. The Morgan fingerprint density at radius 2 is 1.89 bits per heavy atom. The topological polar surface area (TPSA) is 84.7 Å². The molecule has 0 bridgehead atoms. The molecule has 4 aromatic rings. The van der Waals surface area contributed by atoms with Crippen LogP contribution in [0.4, 0.5) is 5.82 Å². The molecule has 0 unspecified atom stereocenters. The van der Waals surface area contributed by atoms with Crippen molar-refractivity contribution in [3.8, 4) is 5.69 Å². The minimum atomic E-state index is -0.362. The standard InChI is InChI=1S/C20H17ClN6O/c1-12-7-8-14(9-13(12)2)27-19-16(10-24-27)18(22-11-23-19)25-26-20(28)15-5-3-4-6-17(15)21/h3-11H,1-2H3,(H,26,28)(H,22,23,25). The van der Waals surface area contributed by atoms with Gasteiger partial charge in [0.1, 0.15) is 6.33 Å². The molecule has 140 valence electrons. The van der Waals surface area contributed by atoms with Crippen LogP contribution in [0, 0.1) is 13.8 Å². The van der Waals surface area contributed by atoms with Crippen molar-refractivity contribution in [2.75, 3.05) is 5.43 Å². The largest absolute Gasteiger partial charge is 0.281 e. The van der Waals surface area contributed by atoms with Crippen LogP contribution in [0.3, 0.4) is 0 Å². The summed E-state index contributed by atoms with van der Waals surface area (Å²) in [6, 6.07) is 12.9. The fraction of sp³-hybridized carbons (Fsp3) is 0.100. The Labute approximate surface area is 166 Å². The zero-order valence-electron chi connectivity index (χ0n) is 15.3. The second-order valence-corrected chi connectivity index (χ2v) is 6.75. The number of hydrogen-bond acceptors (Lipinski definition) is 5. The number of fused-ring (bicyclic) bond motifs is 1. The summed E-state index contributed by atoms with van der Waals surface area (Å²) in [5, 5.41) is 5.49. The Hall–Kier alpha value is -3.45. The number of carbonyl (C=O) groups excluding carboxylic acids is 1. The van der Waals surface area contributed by atoms with Crippen molar-refractivity contribution < 1.29 is 4.79 Å². The van der Waals surface area contributed by atoms with Crippen molar-refractivity contribution in [1.82, 2.24) is 25.2 Å². The molecule has 2 N–H and O–H groups in total. The Kier molecular flexibility index (Phi) is 4.67. The first-order valence-electron chi connectivity index (χ1n) is 8.62. The van der Waals surface area contributed by atoms with Crippen LogP contribution in [0.1, 0.15) is 21.5 Å². The lowest BCUT2D eigenvalue weighted by molar-refractivity contribution is 0.0962. The molecular formula is C20H17ClN6O. The third kappa shape index (κ3) is 3.27. The molecule has 1 amide bonds. The molecule has 0 saturated heterocycles. The first-order chi connectivity index (χ1) is 13.5. The number of rotatable bonds is 4. The van der Waals surface area contributed by atoms with Gasteiger partial charge in [-0.05, 0) is 49.2 Å². The molecule has 0 spiro atoms. The third-order valence-electron chi connectivity index (χ3n) is 4.51. The van der Waals surface area contributed by atoms with E-state index in [0.717, 1.165) is 5.69 Å². The fourth-order valence-corrected chi connectivity index (χ4v) is 3.04. The molecule has 28 heavy (non-hydrogen) atoms. The summed E-state index contributed by atoms with van der Waals surface area (Å²) in [7, 11) is 0. The summed E-state index contributed by atoms with van der Waals surface area (Å²) in [5.74, 6) is 0.0828. The van der Waals surface area contributed by atoms with Crippen molar-refractivity contribution in [2.24, 2.45) is 0 Å². The monoisotopic (exact) mass is 392 g/mol. The van der Waals surface area contributed by atoms with Crippen LogP contribution in [0.25, 0.3) is 16.7 Å². The van der Waals surface area contributed by atoms with E-state index in [1.54, 1.807) is 35.1 Å². The number of benzene rings is 2. The Bertz CT molecular complexity index is 1190. The third-order valence-corrected chi connectivity index (χ3v) is 4.84. The van der Waals surface area contributed by atoms with Crippen molar-refractivity contribution >= 4 is 34.4 Å². The van der Waals surface area contributed by atoms with E-state index in [1.807, 2.05) is 12.1 Å². The number of hydrogen-bond donors (Lipinski definition) is 2. The maximum absolute atomic E-state index is 12.3. The minimum absolute atomic E-state index is 0.362. The molecule has 8 heteroatoms. The van der Waals surface area contributed by atoms with Crippen molar-refractivity contribution in [1.29, 1.82) is 0 Å². The first-order valence-corrected chi connectivity index (χ1v) is 8.99. The quantitative estimate of drug-likeness (QED) is 0.515. The van der Waals surface area contributed by atoms with Gasteiger partial charge in [0.15, 0.2) is 11.5 Å². The Balaban J connectivity index is 1.62. The van der Waals surface area contributed by atoms with E-state index < -0.39 is 0 Å². The van der Waals surface area contributed by atoms with Gasteiger partial charge in [-0.3, -0.25) is 15.6 Å². The van der Waals surface area contributed by atoms with Gasteiger partial charge < -0.3 is 0 Å². The number of hydrazine groups is 1. The Morgan fingerprint density at radius 1 is 1.07 bits per heavy atom. The summed E-state index contributed by atoms with van der Waals surface area (Å²) < 4.78 is 1.74. The molecule has 0 aliphatic heterocycles. The number of carbonyl (C=O) groups is 1. The van der Waals surface area contributed by atoms with Crippen molar-refractivity contribution in [3.05, 3.63) is 76.7 Å². The predicted molar refractivity (Wildman–Crippen MR) is 109 cm³/mol. The molecule has 2 aromatic heterocycles. The smallest absolute Gasteiger partial charge is 0.271 e. The molecule has 0 radical (unpaired) electrons. The average Bonchev–Trinajstić information content (AvgIpc) is 3.13. The van der Waals surface area contributed by atoms with Gasteiger partial charge in [-0.15, -0.1) is 0 Å². The number of anilines is 1. The molecule has 0 saturated carbocycles. The second kappa shape index (κ2) is 7.28. The number of nitrogens with zero attached hydrogens (tertiary/aromatic N) is 4. The van der Waals surface area contributed by atoms with E-state index in [-0.39, 0.29) is 5.91 Å². The average molecular weight is 393 g/mol. The number of nitrogens with one attached hydrogen (secondary N) is 2. The van der Waals surface area contributed by atoms with Gasteiger partial charge in [0.2, 0.25) is 0 Å². The van der Waals surface area contributed by atoms with Crippen LogP contribution in [-0.2, 0) is 0 Å². The second-order valence-electron chi connectivity index (χ2n) is 6.34. The first kappa shape index (κ1) is 17.9. The van der Waals surface area contributed by atoms with Crippen molar-refractivity contribution in [2.45, 2.75) is 13.8 Å². The van der Waals surface area contributed by atoms with Gasteiger partial charge in [0.05, 0.1) is 27.9 Å². The lowest BCUT2D eigenvalue weighted by atomic mass is 10.1. The van der Waals surface area contributed by atoms with Crippen LogP contribution in [0.5, 0.6) is 0 Å². The van der Waals surface area contributed by atoms with Gasteiger partial charge in [0.25, 0.3) is 5.91 Å². The highest BCUT2D eigenvalue weighted by Crippen LogP contribution is 2.22. The van der Waals surface area contributed by atoms with E-state index >= 15 is 0 Å². The lowest BCUT2D eigenvalue weighted by Gasteiger charge is -2.10.